The Bertz CT molecular complexity index is 1590. The molecule has 0 amide bonds. The second-order valence-electron chi connectivity index (χ2n) is 14.9. The van der Waals surface area contributed by atoms with Gasteiger partial charge in [0.25, 0.3) is 0 Å². The Balaban J connectivity index is 1.53. The van der Waals surface area contributed by atoms with Gasteiger partial charge in [-0.3, -0.25) is 0 Å². The third kappa shape index (κ3) is 9.59. The lowest BCUT2D eigenvalue weighted by Gasteiger charge is -2.16. The highest BCUT2D eigenvalue weighted by molar-refractivity contribution is 6.47. The Kier molecular flexibility index (Phi) is 15.8. The molecule has 14 heteroatoms. The minimum atomic E-state index is -1.63. The van der Waals surface area contributed by atoms with E-state index < -0.39 is 46.5 Å². The fourth-order valence-electron chi connectivity index (χ4n) is 8.07. The minimum Gasteiger partial charge on any atom is -0.462 e. The molecule has 8 atom stereocenters. The maximum absolute atomic E-state index is 13.5. The van der Waals surface area contributed by atoms with Crippen LogP contribution in [0.4, 0.5) is 0 Å². The van der Waals surface area contributed by atoms with Crippen molar-refractivity contribution in [1.29, 1.82) is 0 Å². The molecule has 2 aliphatic carbocycles. The molecule has 0 saturated heterocycles. The third-order valence-corrected chi connectivity index (χ3v) is 14.0. The molecule has 0 aromatic heterocycles. The van der Waals surface area contributed by atoms with E-state index in [0.29, 0.717) is 47.3 Å². The zero-order chi connectivity index (χ0) is 40.3. The van der Waals surface area contributed by atoms with E-state index in [1.165, 1.54) is 0 Å². The standard InChI is InChI=1S/C40H48Cl6O8/c1-9-17(5)27-21(28(27)18(6)10-2)15-51-37(47)31-33(45)23(41)13-25(43)35(31)53-39(49)40(50)54-36-26(44)14-24(42)34(46)32(36)38(48)52-16-22-29(19(7)11-3)30(22)20(8)12-4/h13-14,17-22,27-30H,9-12,15-16H2,1-8H3. The van der Waals surface area contributed by atoms with Crippen molar-refractivity contribution in [2.45, 2.75) is 81.1 Å². The van der Waals surface area contributed by atoms with Crippen LogP contribution in [0.3, 0.4) is 0 Å². The molecule has 8 nitrogen and oxygen atoms in total. The number of hydrogen-bond donors (Lipinski definition) is 0. The molecule has 0 radical (unpaired) electrons. The molecule has 2 saturated carbocycles. The summed E-state index contributed by atoms with van der Waals surface area (Å²) in [6, 6.07) is 2.30. The van der Waals surface area contributed by atoms with Crippen molar-refractivity contribution in [1.82, 2.24) is 0 Å². The molecule has 2 aliphatic rings. The lowest BCUT2D eigenvalue weighted by molar-refractivity contribution is -0.156. The summed E-state index contributed by atoms with van der Waals surface area (Å²) in [5.41, 5.74) is -0.890. The van der Waals surface area contributed by atoms with Crippen LogP contribution in [-0.4, -0.2) is 37.1 Å². The first-order valence-electron chi connectivity index (χ1n) is 18.6. The largest absolute Gasteiger partial charge is 0.462 e. The predicted octanol–water partition coefficient (Wildman–Crippen LogP) is 12.3. The summed E-state index contributed by atoms with van der Waals surface area (Å²) in [6.45, 7) is 17.4. The molecule has 4 rings (SSSR count). The smallest absolute Gasteiger partial charge is 0.423 e. The number of benzene rings is 2. The van der Waals surface area contributed by atoms with Crippen molar-refractivity contribution in [2.75, 3.05) is 13.2 Å². The number of rotatable bonds is 16. The highest BCUT2D eigenvalue weighted by atomic mass is 35.5. The average molecular weight is 870 g/mol. The van der Waals surface area contributed by atoms with E-state index in [4.69, 9.17) is 88.6 Å². The predicted molar refractivity (Wildman–Crippen MR) is 214 cm³/mol. The summed E-state index contributed by atoms with van der Waals surface area (Å²) < 4.78 is 22.0. The third-order valence-electron chi connectivity index (χ3n) is 11.8. The number of carbonyl (C=O) groups excluding carboxylic acids is 4. The fourth-order valence-corrected chi connectivity index (χ4v) is 9.51. The van der Waals surface area contributed by atoms with Crippen molar-refractivity contribution in [3.8, 4) is 11.5 Å². The van der Waals surface area contributed by atoms with Crippen molar-refractivity contribution < 1.29 is 38.1 Å². The first-order valence-corrected chi connectivity index (χ1v) is 20.8. The van der Waals surface area contributed by atoms with Crippen molar-refractivity contribution in [3.05, 3.63) is 53.4 Å². The lowest BCUT2D eigenvalue weighted by Crippen LogP contribution is -2.27. The van der Waals surface area contributed by atoms with Crippen LogP contribution in [0.5, 0.6) is 11.5 Å². The van der Waals surface area contributed by atoms with E-state index >= 15 is 0 Å². The summed E-state index contributed by atoms with van der Waals surface area (Å²) in [4.78, 5) is 53.5. The van der Waals surface area contributed by atoms with Gasteiger partial charge in [0.05, 0.1) is 43.3 Å². The Morgan fingerprint density at radius 1 is 0.519 bits per heavy atom. The molecule has 0 spiro atoms. The van der Waals surface area contributed by atoms with Gasteiger partial charge in [-0.25, -0.2) is 19.2 Å². The molecule has 2 aromatic carbocycles. The van der Waals surface area contributed by atoms with Crippen LogP contribution in [0.25, 0.3) is 0 Å². The van der Waals surface area contributed by atoms with Gasteiger partial charge in [-0.2, -0.15) is 0 Å². The highest BCUT2D eigenvalue weighted by Crippen LogP contribution is 2.58. The number of ether oxygens (including phenoxy) is 4. The molecular weight excluding hydrogens is 821 g/mol. The van der Waals surface area contributed by atoms with Gasteiger partial charge < -0.3 is 18.9 Å². The number of halogens is 6. The maximum Gasteiger partial charge on any atom is 0.423 e. The van der Waals surface area contributed by atoms with Crippen LogP contribution in [0.1, 0.15) is 102 Å². The number of hydrogen-bond acceptors (Lipinski definition) is 8. The molecule has 2 aromatic rings. The number of carbonyl (C=O) groups is 4. The van der Waals surface area contributed by atoms with Crippen LogP contribution in [0, 0.1) is 59.2 Å². The summed E-state index contributed by atoms with van der Waals surface area (Å²) in [6.07, 6.45) is 3.95. The van der Waals surface area contributed by atoms with E-state index in [9.17, 15) is 19.2 Å². The van der Waals surface area contributed by atoms with E-state index in [1.807, 2.05) is 0 Å². The summed E-state index contributed by atoms with van der Waals surface area (Å²) in [5.74, 6) is -2.73. The molecule has 298 valence electrons. The van der Waals surface area contributed by atoms with Crippen LogP contribution < -0.4 is 9.47 Å². The van der Waals surface area contributed by atoms with Crippen molar-refractivity contribution in [3.63, 3.8) is 0 Å². The summed E-state index contributed by atoms with van der Waals surface area (Å²) >= 11 is 38.1. The molecular formula is C40H48Cl6O8. The van der Waals surface area contributed by atoms with E-state index in [-0.39, 0.29) is 55.2 Å². The Hall–Kier alpha value is -1.94. The summed E-state index contributed by atoms with van der Waals surface area (Å²) in [7, 11) is 0. The SMILES string of the molecule is CCC(C)C1C(COC(=O)c2c(Cl)c(Cl)cc(Cl)c2OC(=O)C(=O)Oc2c(Cl)cc(Cl)c(Cl)c2C(=O)OCC2C(C(C)CC)C2C(C)CC)C1C(C)CC. The van der Waals surface area contributed by atoms with E-state index in [1.54, 1.807) is 0 Å². The maximum atomic E-state index is 13.5. The monoisotopic (exact) mass is 866 g/mol. The van der Waals surface area contributed by atoms with Crippen LogP contribution >= 0.6 is 69.6 Å². The van der Waals surface area contributed by atoms with E-state index in [0.717, 1.165) is 37.8 Å². The normalized spacial score (nSPS) is 23.8. The molecule has 0 aliphatic heterocycles. The average Bonchev–Trinajstić information content (AvgIpc) is 4.06. The van der Waals surface area contributed by atoms with Gasteiger partial charge in [0.15, 0.2) is 11.5 Å². The van der Waals surface area contributed by atoms with Crippen molar-refractivity contribution in [2.24, 2.45) is 59.2 Å². The molecule has 8 unspecified atom stereocenters. The molecule has 0 N–H and O–H groups in total. The molecule has 0 bridgehead atoms. The van der Waals surface area contributed by atoms with Crippen LogP contribution in [0.2, 0.25) is 30.1 Å². The molecule has 54 heavy (non-hydrogen) atoms. The Labute approximate surface area is 348 Å². The topological polar surface area (TPSA) is 105 Å². The van der Waals surface area contributed by atoms with Gasteiger partial charge >= 0.3 is 23.9 Å². The lowest BCUT2D eigenvalue weighted by atomic mass is 9.95. The van der Waals surface area contributed by atoms with Gasteiger partial charge in [0, 0.05) is 0 Å². The number of esters is 4. The van der Waals surface area contributed by atoms with Crippen LogP contribution in [-0.2, 0) is 19.1 Å². The second kappa shape index (κ2) is 19.0. The molecule has 0 heterocycles. The van der Waals surface area contributed by atoms with Gasteiger partial charge in [0.2, 0.25) is 0 Å². The first kappa shape index (κ1) is 44.8. The Morgan fingerprint density at radius 3 is 1.06 bits per heavy atom. The zero-order valence-electron chi connectivity index (χ0n) is 31.7. The van der Waals surface area contributed by atoms with Gasteiger partial charge in [-0.15, -0.1) is 0 Å². The second-order valence-corrected chi connectivity index (χ2v) is 17.3. The summed E-state index contributed by atoms with van der Waals surface area (Å²) in [5, 5.41) is -1.42. The highest BCUT2D eigenvalue weighted by Gasteiger charge is 2.55. The quantitative estimate of drug-likeness (QED) is 0.0711. The van der Waals surface area contributed by atoms with Crippen LogP contribution in [0.15, 0.2) is 12.1 Å². The van der Waals surface area contributed by atoms with Gasteiger partial charge in [-0.05, 0) is 71.3 Å². The zero-order valence-corrected chi connectivity index (χ0v) is 36.2. The van der Waals surface area contributed by atoms with E-state index in [2.05, 4.69) is 55.4 Å². The van der Waals surface area contributed by atoms with Gasteiger partial charge in [-0.1, -0.05) is 151 Å². The van der Waals surface area contributed by atoms with Crippen molar-refractivity contribution >= 4 is 93.5 Å². The Morgan fingerprint density at radius 2 is 0.796 bits per heavy atom. The fraction of sp³-hybridized carbons (Fsp3) is 0.600. The first-order chi connectivity index (χ1) is 25.4. The van der Waals surface area contributed by atoms with Gasteiger partial charge in [0.1, 0.15) is 11.1 Å². The minimum absolute atomic E-state index is 0.102. The molecule has 2 fully saturated rings.